The van der Waals surface area contributed by atoms with Gasteiger partial charge in [-0.3, -0.25) is 4.90 Å². The summed E-state index contributed by atoms with van der Waals surface area (Å²) >= 11 is 0. The van der Waals surface area contributed by atoms with Crippen molar-refractivity contribution in [2.75, 3.05) is 13.1 Å². The SMILES string of the molecule is CCC(C)(C)n1nnnc1C(C(C)C)N1CCCCCC1. The Hall–Kier alpha value is -0.970. The molecule has 21 heavy (non-hydrogen) atoms. The second-order valence-electron chi connectivity index (χ2n) is 7.25. The van der Waals surface area contributed by atoms with E-state index in [2.05, 4.69) is 59.7 Å². The molecule has 0 bridgehead atoms. The molecule has 5 nitrogen and oxygen atoms in total. The Kier molecular flexibility index (Phi) is 5.36. The normalized spacial score (nSPS) is 19.7. The predicted octanol–water partition coefficient (Wildman–Crippen LogP) is 3.39. The van der Waals surface area contributed by atoms with Crippen molar-refractivity contribution in [3.8, 4) is 0 Å². The molecule has 1 aromatic heterocycles. The molecule has 0 N–H and O–H groups in total. The lowest BCUT2D eigenvalue weighted by atomic mass is 9.98. The molecule has 1 aromatic rings. The van der Waals surface area contributed by atoms with Crippen LogP contribution in [0, 0.1) is 5.92 Å². The van der Waals surface area contributed by atoms with E-state index in [0.29, 0.717) is 12.0 Å². The minimum Gasteiger partial charge on any atom is -0.293 e. The van der Waals surface area contributed by atoms with Crippen molar-refractivity contribution >= 4 is 0 Å². The van der Waals surface area contributed by atoms with Crippen molar-refractivity contribution in [1.29, 1.82) is 0 Å². The number of aromatic nitrogens is 4. The molecule has 5 heteroatoms. The topological polar surface area (TPSA) is 46.8 Å². The summed E-state index contributed by atoms with van der Waals surface area (Å²) in [5, 5.41) is 12.7. The quantitative estimate of drug-likeness (QED) is 0.835. The summed E-state index contributed by atoms with van der Waals surface area (Å²) in [7, 11) is 0. The highest BCUT2D eigenvalue weighted by Gasteiger charge is 2.33. The number of hydrogen-bond acceptors (Lipinski definition) is 4. The molecule has 1 fully saturated rings. The summed E-state index contributed by atoms with van der Waals surface area (Å²) in [6.07, 6.45) is 6.32. The van der Waals surface area contributed by atoms with Crippen molar-refractivity contribution in [3.63, 3.8) is 0 Å². The Morgan fingerprint density at radius 2 is 1.71 bits per heavy atom. The van der Waals surface area contributed by atoms with Crippen LogP contribution in [0.15, 0.2) is 0 Å². The number of hydrogen-bond donors (Lipinski definition) is 0. The van der Waals surface area contributed by atoms with Gasteiger partial charge in [-0.15, -0.1) is 5.10 Å². The summed E-state index contributed by atoms with van der Waals surface area (Å²) in [6.45, 7) is 13.5. The van der Waals surface area contributed by atoms with Gasteiger partial charge in [0.25, 0.3) is 0 Å². The molecule has 0 spiro atoms. The van der Waals surface area contributed by atoms with Crippen molar-refractivity contribution < 1.29 is 0 Å². The van der Waals surface area contributed by atoms with Crippen molar-refractivity contribution in [1.82, 2.24) is 25.1 Å². The van der Waals surface area contributed by atoms with Gasteiger partial charge >= 0.3 is 0 Å². The molecule has 0 radical (unpaired) electrons. The van der Waals surface area contributed by atoms with Gasteiger partial charge in [-0.05, 0) is 62.5 Å². The Labute approximate surface area is 129 Å². The Morgan fingerprint density at radius 3 is 2.24 bits per heavy atom. The molecule has 1 saturated heterocycles. The third-order valence-corrected chi connectivity index (χ3v) is 4.86. The summed E-state index contributed by atoms with van der Waals surface area (Å²) in [5.41, 5.74) is -0.0299. The highest BCUT2D eigenvalue weighted by atomic mass is 15.6. The lowest BCUT2D eigenvalue weighted by Gasteiger charge is -2.35. The Bertz CT molecular complexity index is 430. The number of tetrazole rings is 1. The fourth-order valence-electron chi connectivity index (χ4n) is 3.22. The number of nitrogens with zero attached hydrogens (tertiary/aromatic N) is 5. The molecule has 0 saturated carbocycles. The molecular weight excluding hydrogens is 262 g/mol. The van der Waals surface area contributed by atoms with E-state index < -0.39 is 0 Å². The van der Waals surface area contributed by atoms with Gasteiger partial charge in [0, 0.05) is 0 Å². The van der Waals surface area contributed by atoms with Gasteiger partial charge in [0.1, 0.15) is 0 Å². The van der Waals surface area contributed by atoms with E-state index in [1.54, 1.807) is 0 Å². The first-order valence-corrected chi connectivity index (χ1v) is 8.50. The van der Waals surface area contributed by atoms with Gasteiger partial charge in [0.2, 0.25) is 0 Å². The maximum Gasteiger partial charge on any atom is 0.169 e. The van der Waals surface area contributed by atoms with Crippen LogP contribution in [0.2, 0.25) is 0 Å². The predicted molar refractivity (Wildman–Crippen MR) is 85.1 cm³/mol. The van der Waals surface area contributed by atoms with E-state index in [1.807, 2.05) is 0 Å². The van der Waals surface area contributed by atoms with Crippen LogP contribution < -0.4 is 0 Å². The van der Waals surface area contributed by atoms with Crippen molar-refractivity contribution in [2.24, 2.45) is 5.92 Å². The zero-order valence-electron chi connectivity index (χ0n) is 14.3. The maximum absolute atomic E-state index is 4.42. The molecule has 120 valence electrons. The van der Waals surface area contributed by atoms with Gasteiger partial charge < -0.3 is 0 Å². The van der Waals surface area contributed by atoms with E-state index in [1.165, 1.54) is 38.8 Å². The van der Waals surface area contributed by atoms with Crippen molar-refractivity contribution in [2.45, 2.75) is 78.3 Å². The molecule has 0 aliphatic carbocycles. The van der Waals surface area contributed by atoms with Gasteiger partial charge in [0.05, 0.1) is 11.6 Å². The fourth-order valence-corrected chi connectivity index (χ4v) is 3.22. The van der Waals surface area contributed by atoms with Gasteiger partial charge in [-0.2, -0.15) is 0 Å². The molecule has 0 aromatic carbocycles. The summed E-state index contributed by atoms with van der Waals surface area (Å²) < 4.78 is 2.06. The van der Waals surface area contributed by atoms with Gasteiger partial charge in [0.15, 0.2) is 5.82 Å². The molecule has 1 aliphatic heterocycles. The van der Waals surface area contributed by atoms with Crippen LogP contribution in [-0.2, 0) is 5.54 Å². The zero-order chi connectivity index (χ0) is 15.5. The van der Waals surface area contributed by atoms with E-state index in [4.69, 9.17) is 0 Å². The standard InChI is InChI=1S/C16H31N5/c1-6-16(4,5)21-15(17-18-19-21)14(13(2)3)20-11-9-7-8-10-12-20/h13-14H,6-12H2,1-5H3. The van der Waals surface area contributed by atoms with E-state index in [-0.39, 0.29) is 5.54 Å². The molecular formula is C16H31N5. The summed E-state index contributed by atoms with van der Waals surface area (Å²) in [6, 6.07) is 0.323. The second kappa shape index (κ2) is 6.86. The lowest BCUT2D eigenvalue weighted by molar-refractivity contribution is 0.138. The van der Waals surface area contributed by atoms with Crippen LogP contribution in [0.1, 0.15) is 78.6 Å². The molecule has 2 rings (SSSR count). The third kappa shape index (κ3) is 3.62. The highest BCUT2D eigenvalue weighted by Crippen LogP contribution is 2.32. The Morgan fingerprint density at radius 1 is 1.10 bits per heavy atom. The van der Waals surface area contributed by atoms with Crippen LogP contribution in [0.4, 0.5) is 0 Å². The van der Waals surface area contributed by atoms with Crippen LogP contribution in [0.3, 0.4) is 0 Å². The van der Waals surface area contributed by atoms with E-state index in [0.717, 1.165) is 12.2 Å². The van der Waals surface area contributed by atoms with Crippen LogP contribution in [0.5, 0.6) is 0 Å². The minimum absolute atomic E-state index is 0.0299. The fraction of sp³-hybridized carbons (Fsp3) is 0.938. The molecule has 1 atom stereocenters. The molecule has 0 amide bonds. The summed E-state index contributed by atoms with van der Waals surface area (Å²) in [4.78, 5) is 2.60. The van der Waals surface area contributed by atoms with Gasteiger partial charge in [-0.1, -0.05) is 33.6 Å². The monoisotopic (exact) mass is 293 g/mol. The first-order valence-electron chi connectivity index (χ1n) is 8.50. The summed E-state index contributed by atoms with van der Waals surface area (Å²) in [5.74, 6) is 1.55. The number of likely N-dealkylation sites (tertiary alicyclic amines) is 1. The molecule has 2 heterocycles. The average Bonchev–Trinajstić information content (AvgIpc) is 2.76. The first kappa shape index (κ1) is 16.4. The Balaban J connectivity index is 2.32. The lowest BCUT2D eigenvalue weighted by Crippen LogP contribution is -2.38. The van der Waals surface area contributed by atoms with Crippen LogP contribution in [0.25, 0.3) is 0 Å². The largest absolute Gasteiger partial charge is 0.293 e. The van der Waals surface area contributed by atoms with Crippen LogP contribution >= 0.6 is 0 Å². The minimum atomic E-state index is -0.0299. The third-order valence-electron chi connectivity index (χ3n) is 4.86. The average molecular weight is 293 g/mol. The van der Waals surface area contributed by atoms with Crippen LogP contribution in [-0.4, -0.2) is 38.2 Å². The van der Waals surface area contributed by atoms with E-state index in [9.17, 15) is 0 Å². The van der Waals surface area contributed by atoms with Crippen molar-refractivity contribution in [3.05, 3.63) is 5.82 Å². The highest BCUT2D eigenvalue weighted by molar-refractivity contribution is 4.99. The first-order chi connectivity index (χ1) is 9.97. The van der Waals surface area contributed by atoms with E-state index >= 15 is 0 Å². The zero-order valence-corrected chi connectivity index (χ0v) is 14.3. The maximum atomic E-state index is 4.42. The second-order valence-corrected chi connectivity index (χ2v) is 7.25. The molecule has 1 aliphatic rings. The molecule has 1 unspecified atom stereocenters. The number of rotatable bonds is 5. The smallest absolute Gasteiger partial charge is 0.169 e. The van der Waals surface area contributed by atoms with Gasteiger partial charge in [-0.25, -0.2) is 4.68 Å².